The molecule has 4 N–H and O–H groups in total. The lowest BCUT2D eigenvalue weighted by molar-refractivity contribution is 0.108. The van der Waals surface area contributed by atoms with Crippen LogP contribution >= 0.6 is 0 Å². The van der Waals surface area contributed by atoms with E-state index < -0.39 is 16.1 Å². The van der Waals surface area contributed by atoms with Gasteiger partial charge in [0.15, 0.2) is 0 Å². The molecule has 2 aromatic rings. The average molecular weight is 295 g/mol. The molecular formula is C13H17N3O3S. The number of anilines is 1. The molecule has 3 rings (SSSR count). The lowest BCUT2D eigenvalue weighted by Crippen LogP contribution is -2.42. The summed E-state index contributed by atoms with van der Waals surface area (Å²) >= 11 is 0. The number of nitrogens with one attached hydrogen (secondary N) is 1. The molecule has 0 bridgehead atoms. The summed E-state index contributed by atoms with van der Waals surface area (Å²) in [6.45, 7) is 0.602. The van der Waals surface area contributed by atoms with Crippen LogP contribution < -0.4 is 5.73 Å². The predicted molar refractivity (Wildman–Crippen MR) is 76.7 cm³/mol. The molecule has 1 aromatic heterocycles. The lowest BCUT2D eigenvalue weighted by atomic mass is 10.1. The zero-order valence-electron chi connectivity index (χ0n) is 10.9. The maximum Gasteiger partial charge on any atom is 0.245 e. The number of piperidine rings is 1. The third-order valence-electron chi connectivity index (χ3n) is 3.64. The molecule has 1 aliphatic heterocycles. The van der Waals surface area contributed by atoms with Crippen LogP contribution in [-0.4, -0.2) is 42.0 Å². The van der Waals surface area contributed by atoms with E-state index in [1.54, 1.807) is 18.2 Å². The van der Waals surface area contributed by atoms with Crippen LogP contribution in [0.4, 0.5) is 5.69 Å². The highest BCUT2D eigenvalue weighted by molar-refractivity contribution is 7.89. The van der Waals surface area contributed by atoms with Gasteiger partial charge in [0.2, 0.25) is 10.0 Å². The van der Waals surface area contributed by atoms with E-state index in [4.69, 9.17) is 5.73 Å². The summed E-state index contributed by atoms with van der Waals surface area (Å²) in [5.74, 6) is 0. The molecule has 1 saturated heterocycles. The summed E-state index contributed by atoms with van der Waals surface area (Å²) in [7, 11) is -3.59. The Morgan fingerprint density at radius 2 is 2.20 bits per heavy atom. The molecule has 0 amide bonds. The Morgan fingerprint density at radius 3 is 2.95 bits per heavy atom. The van der Waals surface area contributed by atoms with Gasteiger partial charge in [-0.05, 0) is 31.0 Å². The van der Waals surface area contributed by atoms with Crippen molar-refractivity contribution in [1.82, 2.24) is 9.29 Å². The number of aromatic nitrogens is 1. The molecule has 0 unspecified atom stereocenters. The quantitative estimate of drug-likeness (QED) is 0.717. The summed E-state index contributed by atoms with van der Waals surface area (Å²) in [5, 5.41) is 10.3. The Hall–Kier alpha value is -1.57. The topological polar surface area (TPSA) is 99.4 Å². The number of benzene rings is 1. The number of aliphatic hydroxyl groups is 1. The Balaban J connectivity index is 2.05. The number of aliphatic hydroxyl groups excluding tert-OH is 1. The van der Waals surface area contributed by atoms with Gasteiger partial charge in [0.1, 0.15) is 4.90 Å². The zero-order chi connectivity index (χ0) is 14.3. The van der Waals surface area contributed by atoms with Crippen molar-refractivity contribution in [3.63, 3.8) is 0 Å². The fourth-order valence-corrected chi connectivity index (χ4v) is 4.29. The number of nitrogens with zero attached hydrogens (tertiary/aromatic N) is 1. The Kier molecular flexibility index (Phi) is 3.19. The first-order valence-electron chi connectivity index (χ1n) is 6.53. The predicted octanol–water partition coefficient (Wildman–Crippen LogP) is 0.895. The van der Waals surface area contributed by atoms with Gasteiger partial charge < -0.3 is 15.8 Å². The molecule has 6 nitrogen and oxygen atoms in total. The summed E-state index contributed by atoms with van der Waals surface area (Å²) in [6.07, 6.45) is 2.23. The Bertz CT molecular complexity index is 738. The summed E-state index contributed by atoms with van der Waals surface area (Å²) < 4.78 is 26.7. The van der Waals surface area contributed by atoms with E-state index in [1.807, 2.05) is 0 Å². The highest BCUT2D eigenvalue weighted by atomic mass is 32.2. The van der Waals surface area contributed by atoms with Gasteiger partial charge in [-0.1, -0.05) is 0 Å². The van der Waals surface area contributed by atoms with Crippen LogP contribution in [0.3, 0.4) is 0 Å². The van der Waals surface area contributed by atoms with Crippen LogP contribution in [0.15, 0.2) is 29.3 Å². The van der Waals surface area contributed by atoms with E-state index in [9.17, 15) is 13.5 Å². The van der Waals surface area contributed by atoms with E-state index in [0.29, 0.717) is 36.0 Å². The van der Waals surface area contributed by atoms with Crippen molar-refractivity contribution in [2.45, 2.75) is 23.8 Å². The fourth-order valence-electron chi connectivity index (χ4n) is 2.61. The third-order valence-corrected chi connectivity index (χ3v) is 5.55. The summed E-state index contributed by atoms with van der Waals surface area (Å²) in [6, 6.07) is 5.09. The number of fused-ring (bicyclic) bond motifs is 1. The number of hydrogen-bond acceptors (Lipinski definition) is 4. The highest BCUT2D eigenvalue weighted by Crippen LogP contribution is 2.28. The van der Waals surface area contributed by atoms with E-state index in [2.05, 4.69) is 4.98 Å². The number of aromatic amines is 1. The molecule has 0 radical (unpaired) electrons. The smallest absolute Gasteiger partial charge is 0.245 e. The number of H-pyrrole nitrogens is 1. The van der Waals surface area contributed by atoms with Crippen molar-refractivity contribution in [1.29, 1.82) is 0 Å². The first kappa shape index (κ1) is 13.4. The molecule has 1 fully saturated rings. The number of sulfonamides is 1. The number of nitrogen functional groups attached to an aromatic ring is 1. The number of β-amino-alcohol motifs (C(OH)–C–C–N with tert-alkyl or cyclic N) is 1. The van der Waals surface area contributed by atoms with Crippen molar-refractivity contribution in [3.05, 3.63) is 24.4 Å². The molecule has 2 heterocycles. The van der Waals surface area contributed by atoms with Crippen LogP contribution in [0.1, 0.15) is 12.8 Å². The molecule has 0 spiro atoms. The Labute approximate surface area is 117 Å². The number of hydrogen-bond donors (Lipinski definition) is 3. The van der Waals surface area contributed by atoms with E-state index in [0.717, 1.165) is 0 Å². The van der Waals surface area contributed by atoms with Crippen LogP contribution in [0.25, 0.3) is 10.9 Å². The summed E-state index contributed by atoms with van der Waals surface area (Å²) in [5.41, 5.74) is 6.97. The van der Waals surface area contributed by atoms with Gasteiger partial charge in [0.05, 0.1) is 6.10 Å². The Morgan fingerprint density at radius 1 is 1.40 bits per heavy atom. The van der Waals surface area contributed by atoms with Crippen molar-refractivity contribution in [3.8, 4) is 0 Å². The fraction of sp³-hybridized carbons (Fsp3) is 0.385. The minimum Gasteiger partial charge on any atom is -0.399 e. The maximum absolute atomic E-state index is 12.7. The molecule has 0 aliphatic carbocycles. The molecule has 0 saturated carbocycles. The third kappa shape index (κ3) is 2.17. The van der Waals surface area contributed by atoms with Gasteiger partial charge >= 0.3 is 0 Å². The molecule has 1 aliphatic rings. The lowest BCUT2D eigenvalue weighted by Gasteiger charge is -2.28. The van der Waals surface area contributed by atoms with Gasteiger partial charge in [-0.2, -0.15) is 4.31 Å². The molecule has 108 valence electrons. The minimum absolute atomic E-state index is 0.157. The molecule has 1 aromatic carbocycles. The number of rotatable bonds is 2. The van der Waals surface area contributed by atoms with Gasteiger partial charge in [0.25, 0.3) is 0 Å². The standard InChI is InChI=1S/C13H17N3O3S/c14-9-3-4-11-12(6-9)15-7-13(11)20(18,19)16-5-1-2-10(17)8-16/h3-4,6-7,10,15,17H,1-2,5,8,14H2/t10-/m0/s1. The van der Waals surface area contributed by atoms with E-state index in [1.165, 1.54) is 10.5 Å². The highest BCUT2D eigenvalue weighted by Gasteiger charge is 2.31. The minimum atomic E-state index is -3.59. The van der Waals surface area contributed by atoms with Gasteiger partial charge in [-0.25, -0.2) is 8.42 Å². The second kappa shape index (κ2) is 4.76. The van der Waals surface area contributed by atoms with Gasteiger partial charge in [0, 0.05) is 35.9 Å². The van der Waals surface area contributed by atoms with Crippen LogP contribution in [0, 0.1) is 0 Å². The van der Waals surface area contributed by atoms with Crippen LogP contribution in [-0.2, 0) is 10.0 Å². The number of nitrogens with two attached hydrogens (primary N) is 1. The van der Waals surface area contributed by atoms with Crippen molar-refractivity contribution in [2.75, 3.05) is 18.8 Å². The SMILES string of the molecule is Nc1ccc2c(S(=O)(=O)N3CCC[C@H](O)C3)c[nH]c2c1. The first-order valence-corrected chi connectivity index (χ1v) is 7.97. The largest absolute Gasteiger partial charge is 0.399 e. The molecular weight excluding hydrogens is 278 g/mol. The van der Waals surface area contributed by atoms with E-state index >= 15 is 0 Å². The first-order chi connectivity index (χ1) is 9.48. The van der Waals surface area contributed by atoms with Crippen molar-refractivity contribution < 1.29 is 13.5 Å². The normalized spacial score (nSPS) is 21.4. The van der Waals surface area contributed by atoms with Crippen LogP contribution in [0.5, 0.6) is 0 Å². The monoisotopic (exact) mass is 295 g/mol. The van der Waals surface area contributed by atoms with Crippen LogP contribution in [0.2, 0.25) is 0 Å². The van der Waals surface area contributed by atoms with Crippen molar-refractivity contribution >= 4 is 26.6 Å². The van der Waals surface area contributed by atoms with Gasteiger partial charge in [-0.3, -0.25) is 0 Å². The molecule has 1 atom stereocenters. The second-order valence-electron chi connectivity index (χ2n) is 5.12. The zero-order valence-corrected chi connectivity index (χ0v) is 11.7. The van der Waals surface area contributed by atoms with E-state index in [-0.39, 0.29) is 11.4 Å². The molecule has 20 heavy (non-hydrogen) atoms. The second-order valence-corrected chi connectivity index (χ2v) is 7.02. The maximum atomic E-state index is 12.7. The van der Waals surface area contributed by atoms with Crippen molar-refractivity contribution in [2.24, 2.45) is 0 Å². The average Bonchev–Trinajstić information content (AvgIpc) is 2.82. The summed E-state index contributed by atoms with van der Waals surface area (Å²) in [4.78, 5) is 3.17. The van der Waals surface area contributed by atoms with Gasteiger partial charge in [-0.15, -0.1) is 0 Å². The molecule has 7 heteroatoms.